The molecule has 2 amide bonds. The molecule has 26 heavy (non-hydrogen) atoms. The molecule has 6 nitrogen and oxygen atoms in total. The number of nitrogens with zero attached hydrogens (tertiary/aromatic N) is 2. The monoisotopic (exact) mass is 352 g/mol. The highest BCUT2D eigenvalue weighted by Gasteiger charge is 2.63. The SMILES string of the molecule is C=CCN1C(=O)C2C(C1=O)C(C(C)=O)N1c3ccc(OC)cc3C=CC21. The maximum atomic E-state index is 12.9. The Morgan fingerprint density at radius 3 is 2.65 bits per heavy atom. The number of methoxy groups -OCH3 is 1. The van der Waals surface area contributed by atoms with Gasteiger partial charge in [-0.05, 0) is 25.1 Å². The standard InChI is InChI=1S/C20H20N2O4/c1-4-9-21-19(24)16-15-7-5-12-10-13(26-3)6-8-14(12)22(15)18(11(2)23)17(16)20(21)25/h4-8,10,15-18H,1,9H2,2-3H3. The van der Waals surface area contributed by atoms with Crippen molar-refractivity contribution in [3.63, 3.8) is 0 Å². The molecule has 0 spiro atoms. The molecule has 3 aliphatic heterocycles. The minimum atomic E-state index is -0.650. The van der Waals surface area contributed by atoms with Gasteiger partial charge in [-0.25, -0.2) is 0 Å². The average molecular weight is 352 g/mol. The Bertz CT molecular complexity index is 859. The van der Waals surface area contributed by atoms with E-state index in [1.54, 1.807) is 7.11 Å². The fraction of sp³-hybridized carbons (Fsp3) is 0.350. The van der Waals surface area contributed by atoms with Gasteiger partial charge in [0, 0.05) is 17.8 Å². The summed E-state index contributed by atoms with van der Waals surface area (Å²) in [6, 6.07) is 4.65. The molecule has 2 saturated heterocycles. The number of rotatable bonds is 4. The number of imide groups is 1. The minimum Gasteiger partial charge on any atom is -0.497 e. The molecule has 4 atom stereocenters. The van der Waals surface area contributed by atoms with Crippen LogP contribution in [0.15, 0.2) is 36.9 Å². The van der Waals surface area contributed by atoms with E-state index in [0.717, 1.165) is 17.0 Å². The Balaban J connectivity index is 1.83. The van der Waals surface area contributed by atoms with Crippen molar-refractivity contribution in [2.45, 2.75) is 19.0 Å². The van der Waals surface area contributed by atoms with E-state index in [4.69, 9.17) is 4.74 Å². The second-order valence-corrected chi connectivity index (χ2v) is 6.86. The number of hydrogen-bond acceptors (Lipinski definition) is 5. The van der Waals surface area contributed by atoms with Crippen LogP contribution in [0, 0.1) is 11.8 Å². The summed E-state index contributed by atoms with van der Waals surface area (Å²) in [6.45, 7) is 5.29. The fourth-order valence-corrected chi connectivity index (χ4v) is 4.51. The van der Waals surface area contributed by atoms with Crippen LogP contribution in [0.2, 0.25) is 0 Å². The lowest BCUT2D eigenvalue weighted by atomic mass is 9.88. The van der Waals surface area contributed by atoms with Crippen molar-refractivity contribution in [1.82, 2.24) is 4.90 Å². The lowest BCUT2D eigenvalue weighted by molar-refractivity contribution is -0.140. The number of benzene rings is 1. The molecule has 6 heteroatoms. The normalized spacial score (nSPS) is 28.7. The van der Waals surface area contributed by atoms with E-state index in [0.29, 0.717) is 0 Å². The van der Waals surface area contributed by atoms with Crippen molar-refractivity contribution >= 4 is 29.4 Å². The number of Topliss-reactive ketones (excluding diaryl/α,β-unsaturated/α-hetero) is 1. The first-order valence-corrected chi connectivity index (χ1v) is 8.60. The van der Waals surface area contributed by atoms with Crippen molar-refractivity contribution in [2.24, 2.45) is 11.8 Å². The molecular formula is C20H20N2O4. The number of hydrogen-bond donors (Lipinski definition) is 0. The predicted octanol–water partition coefficient (Wildman–Crippen LogP) is 1.66. The highest BCUT2D eigenvalue weighted by atomic mass is 16.5. The van der Waals surface area contributed by atoms with E-state index < -0.39 is 17.9 Å². The zero-order chi connectivity index (χ0) is 18.6. The van der Waals surface area contributed by atoms with Crippen molar-refractivity contribution < 1.29 is 19.1 Å². The highest BCUT2D eigenvalue weighted by Crippen LogP contribution is 2.48. The minimum absolute atomic E-state index is 0.110. The molecule has 0 N–H and O–H groups in total. The summed E-state index contributed by atoms with van der Waals surface area (Å²) < 4.78 is 5.27. The van der Waals surface area contributed by atoms with E-state index in [9.17, 15) is 14.4 Å². The van der Waals surface area contributed by atoms with E-state index in [2.05, 4.69) is 6.58 Å². The van der Waals surface area contributed by atoms with E-state index >= 15 is 0 Å². The summed E-state index contributed by atoms with van der Waals surface area (Å²) in [5.74, 6) is -1.08. The van der Waals surface area contributed by atoms with Gasteiger partial charge >= 0.3 is 0 Å². The van der Waals surface area contributed by atoms with Crippen LogP contribution in [-0.2, 0) is 14.4 Å². The zero-order valence-corrected chi connectivity index (χ0v) is 14.7. The summed E-state index contributed by atoms with van der Waals surface area (Å²) in [6.07, 6.45) is 5.40. The molecule has 3 aliphatic rings. The van der Waals surface area contributed by atoms with Gasteiger partial charge in [0.2, 0.25) is 11.8 Å². The Morgan fingerprint density at radius 2 is 2.00 bits per heavy atom. The highest BCUT2D eigenvalue weighted by molar-refractivity contribution is 6.11. The first-order valence-electron chi connectivity index (χ1n) is 8.60. The van der Waals surface area contributed by atoms with Crippen LogP contribution in [0.3, 0.4) is 0 Å². The summed E-state index contributed by atoms with van der Waals surface area (Å²) >= 11 is 0. The van der Waals surface area contributed by atoms with Crippen molar-refractivity contribution in [2.75, 3.05) is 18.6 Å². The molecule has 0 saturated carbocycles. The van der Waals surface area contributed by atoms with Gasteiger partial charge in [0.25, 0.3) is 0 Å². The summed E-state index contributed by atoms with van der Waals surface area (Å²) in [4.78, 5) is 41.4. The molecule has 1 aromatic carbocycles. The Morgan fingerprint density at radius 1 is 1.27 bits per heavy atom. The van der Waals surface area contributed by atoms with Crippen LogP contribution in [0.4, 0.5) is 5.69 Å². The average Bonchev–Trinajstić information content (AvgIpc) is 3.10. The van der Waals surface area contributed by atoms with E-state index in [-0.39, 0.29) is 30.2 Å². The van der Waals surface area contributed by atoms with Gasteiger partial charge in [-0.3, -0.25) is 19.3 Å². The topological polar surface area (TPSA) is 66.9 Å². The van der Waals surface area contributed by atoms with Crippen LogP contribution < -0.4 is 9.64 Å². The number of ketones is 1. The van der Waals surface area contributed by atoms with Gasteiger partial charge in [-0.1, -0.05) is 18.2 Å². The van der Waals surface area contributed by atoms with E-state index in [1.165, 1.54) is 17.9 Å². The number of likely N-dealkylation sites (tertiary alicyclic amines) is 1. The number of anilines is 1. The summed E-state index contributed by atoms with van der Waals surface area (Å²) in [5, 5.41) is 0. The van der Waals surface area contributed by atoms with Gasteiger partial charge in [-0.15, -0.1) is 6.58 Å². The molecule has 2 fully saturated rings. The lowest BCUT2D eigenvalue weighted by Crippen LogP contribution is -2.48. The van der Waals surface area contributed by atoms with Gasteiger partial charge < -0.3 is 9.64 Å². The third kappa shape index (κ3) is 2.08. The molecular weight excluding hydrogens is 332 g/mol. The molecule has 0 aromatic heterocycles. The van der Waals surface area contributed by atoms with Crippen LogP contribution in [0.5, 0.6) is 5.75 Å². The van der Waals surface area contributed by atoms with Crippen molar-refractivity contribution in [3.05, 3.63) is 42.5 Å². The smallest absolute Gasteiger partial charge is 0.236 e. The third-order valence-corrected chi connectivity index (χ3v) is 5.53. The first-order chi connectivity index (χ1) is 12.5. The van der Waals surface area contributed by atoms with Crippen LogP contribution in [-0.4, -0.2) is 48.2 Å². The molecule has 1 aromatic rings. The van der Waals surface area contributed by atoms with Crippen molar-refractivity contribution in [3.8, 4) is 5.75 Å². The second-order valence-electron chi connectivity index (χ2n) is 6.86. The fourth-order valence-electron chi connectivity index (χ4n) is 4.51. The lowest BCUT2D eigenvalue weighted by Gasteiger charge is -2.36. The first kappa shape index (κ1) is 16.6. The molecule has 3 heterocycles. The van der Waals surface area contributed by atoms with Crippen LogP contribution >= 0.6 is 0 Å². The van der Waals surface area contributed by atoms with Gasteiger partial charge in [0.15, 0.2) is 5.78 Å². The molecule has 0 aliphatic carbocycles. The van der Waals surface area contributed by atoms with Crippen LogP contribution in [0.25, 0.3) is 6.08 Å². The molecule has 0 bridgehead atoms. The number of carbonyl (C=O) groups is 3. The maximum Gasteiger partial charge on any atom is 0.236 e. The second kappa shape index (κ2) is 5.83. The van der Waals surface area contributed by atoms with Crippen molar-refractivity contribution in [1.29, 1.82) is 0 Å². The predicted molar refractivity (Wildman–Crippen MR) is 96.7 cm³/mol. The number of amides is 2. The van der Waals surface area contributed by atoms with E-state index in [1.807, 2.05) is 35.3 Å². The number of ether oxygens (including phenoxy) is 1. The zero-order valence-electron chi connectivity index (χ0n) is 14.7. The molecule has 4 unspecified atom stereocenters. The van der Waals surface area contributed by atoms with Gasteiger partial charge in [0.05, 0.1) is 25.0 Å². The Kier molecular flexibility index (Phi) is 3.72. The Labute approximate surface area is 151 Å². The van der Waals surface area contributed by atoms with Gasteiger partial charge in [-0.2, -0.15) is 0 Å². The quantitative estimate of drug-likeness (QED) is 0.609. The molecule has 134 valence electrons. The largest absolute Gasteiger partial charge is 0.497 e. The summed E-state index contributed by atoms with van der Waals surface area (Å²) in [5.41, 5.74) is 1.76. The number of fused-ring (bicyclic) bond motifs is 5. The van der Waals surface area contributed by atoms with Crippen LogP contribution in [0.1, 0.15) is 12.5 Å². The summed E-state index contributed by atoms with van der Waals surface area (Å²) in [7, 11) is 1.60. The van der Waals surface area contributed by atoms with Gasteiger partial charge in [0.1, 0.15) is 11.8 Å². The molecule has 0 radical (unpaired) electrons. The Hall–Kier alpha value is -2.89. The maximum absolute atomic E-state index is 12.9. The number of carbonyl (C=O) groups excluding carboxylic acids is 3. The third-order valence-electron chi connectivity index (χ3n) is 5.53. The molecule has 4 rings (SSSR count).